The van der Waals surface area contributed by atoms with Crippen molar-refractivity contribution in [2.24, 2.45) is 5.73 Å². The van der Waals surface area contributed by atoms with Crippen LogP contribution in [0.25, 0.3) is 0 Å². The van der Waals surface area contributed by atoms with Crippen LogP contribution >= 0.6 is 8.25 Å². The van der Waals surface area contributed by atoms with Crippen molar-refractivity contribution in [3.05, 3.63) is 35.6 Å². The molecule has 0 spiro atoms. The van der Waals surface area contributed by atoms with E-state index in [2.05, 4.69) is 0 Å². The van der Waals surface area contributed by atoms with Crippen LogP contribution < -0.4 is 5.73 Å². The van der Waals surface area contributed by atoms with Crippen molar-refractivity contribution in [2.45, 2.75) is 38.3 Å². The first-order valence-corrected chi connectivity index (χ1v) is 6.94. The maximum absolute atomic E-state index is 12.9. The zero-order valence-corrected chi connectivity index (χ0v) is 11.4. The molecule has 0 heterocycles. The first kappa shape index (κ1) is 15.2. The molecule has 6 heteroatoms. The summed E-state index contributed by atoms with van der Waals surface area (Å²) in [5.41, 5.74) is 6.07. The van der Waals surface area contributed by atoms with Crippen molar-refractivity contribution in [1.82, 2.24) is 0 Å². The average molecular weight is 274 g/mol. The third-order valence-electron chi connectivity index (χ3n) is 3.13. The molecule has 18 heavy (non-hydrogen) atoms. The van der Waals surface area contributed by atoms with Crippen LogP contribution in [0, 0.1) is 5.82 Å². The third kappa shape index (κ3) is 3.33. The highest BCUT2D eigenvalue weighted by atomic mass is 31.1. The molecule has 0 fully saturated rings. The topological polar surface area (TPSA) is 72.5 Å². The Kier molecular flexibility index (Phi) is 5.35. The van der Waals surface area contributed by atoms with Crippen molar-refractivity contribution in [3.8, 4) is 0 Å². The van der Waals surface area contributed by atoms with Gasteiger partial charge in [0.15, 0.2) is 0 Å². The number of rotatable bonds is 6. The molecular formula is C12H18FNO3P+. The first-order valence-electron chi connectivity index (χ1n) is 5.81. The summed E-state index contributed by atoms with van der Waals surface area (Å²) < 4.78 is 28.7. The van der Waals surface area contributed by atoms with Crippen molar-refractivity contribution in [2.75, 3.05) is 0 Å². The van der Waals surface area contributed by atoms with E-state index in [1.165, 1.54) is 12.1 Å². The fourth-order valence-corrected chi connectivity index (χ4v) is 2.57. The Balaban J connectivity index is 3.09. The number of nitrogens with two attached hydrogens (primary N) is 1. The Morgan fingerprint density at radius 2 is 2.00 bits per heavy atom. The summed E-state index contributed by atoms with van der Waals surface area (Å²) in [5.74, 6) is -0.348. The largest absolute Gasteiger partial charge is 0.695 e. The van der Waals surface area contributed by atoms with E-state index in [9.17, 15) is 8.96 Å². The van der Waals surface area contributed by atoms with Gasteiger partial charge in [-0.3, -0.25) is 0 Å². The van der Waals surface area contributed by atoms with E-state index in [0.717, 1.165) is 0 Å². The van der Waals surface area contributed by atoms with E-state index < -0.39 is 19.9 Å². The molecule has 3 atom stereocenters. The second-order valence-corrected chi connectivity index (χ2v) is 4.83. The molecule has 0 aliphatic carbocycles. The minimum atomic E-state index is -2.72. The van der Waals surface area contributed by atoms with Gasteiger partial charge in [0.05, 0.1) is 5.54 Å². The Hall–Kier alpha value is -0.870. The zero-order chi connectivity index (χ0) is 13.8. The lowest BCUT2D eigenvalue weighted by Crippen LogP contribution is -2.47. The summed E-state index contributed by atoms with van der Waals surface area (Å²) in [6.45, 7) is 3.68. The second-order valence-electron chi connectivity index (χ2n) is 4.14. The highest BCUT2D eigenvalue weighted by Gasteiger charge is 2.40. The molecule has 0 saturated carbocycles. The molecule has 0 aliphatic rings. The summed E-state index contributed by atoms with van der Waals surface area (Å²) in [5, 5.41) is 0. The summed E-state index contributed by atoms with van der Waals surface area (Å²) in [6, 6.07) is 5.79. The van der Waals surface area contributed by atoms with Gasteiger partial charge in [0, 0.05) is 4.57 Å². The van der Waals surface area contributed by atoms with Crippen LogP contribution in [-0.4, -0.2) is 11.0 Å². The Bertz CT molecular complexity index is 412. The number of benzene rings is 1. The molecule has 3 unspecified atom stereocenters. The van der Waals surface area contributed by atoms with Crippen LogP contribution in [0.5, 0.6) is 0 Å². The number of halogens is 1. The molecule has 0 aliphatic heterocycles. The number of hydrogen-bond donors (Lipinski definition) is 2. The molecule has 0 bridgehead atoms. The Morgan fingerprint density at radius 3 is 2.39 bits per heavy atom. The summed E-state index contributed by atoms with van der Waals surface area (Å²) in [6.07, 6.45) is 0.408. The van der Waals surface area contributed by atoms with Gasteiger partial charge in [0.25, 0.3) is 0 Å². The van der Waals surface area contributed by atoms with Crippen LogP contribution in [0.1, 0.15) is 32.3 Å². The monoisotopic (exact) mass is 274 g/mol. The normalized spacial score (nSPS) is 17.1. The van der Waals surface area contributed by atoms with Gasteiger partial charge >= 0.3 is 8.25 Å². The smallest absolute Gasteiger partial charge is 0.319 e. The van der Waals surface area contributed by atoms with Crippen molar-refractivity contribution in [1.29, 1.82) is 0 Å². The van der Waals surface area contributed by atoms with Gasteiger partial charge in [-0.05, 0) is 30.5 Å². The minimum Gasteiger partial charge on any atom is -0.319 e. The van der Waals surface area contributed by atoms with Gasteiger partial charge in [-0.1, -0.05) is 26.0 Å². The van der Waals surface area contributed by atoms with Gasteiger partial charge < -0.3 is 5.73 Å². The lowest BCUT2D eigenvalue weighted by molar-refractivity contribution is 0.0948. The molecule has 100 valence electrons. The third-order valence-corrected chi connectivity index (χ3v) is 3.56. The first-order chi connectivity index (χ1) is 8.43. The van der Waals surface area contributed by atoms with E-state index in [1.807, 2.05) is 13.8 Å². The predicted molar refractivity (Wildman–Crippen MR) is 67.5 cm³/mol. The van der Waals surface area contributed by atoms with Gasteiger partial charge in [0.1, 0.15) is 11.9 Å². The van der Waals surface area contributed by atoms with Gasteiger partial charge in [0.2, 0.25) is 0 Å². The van der Waals surface area contributed by atoms with E-state index in [0.29, 0.717) is 18.4 Å². The van der Waals surface area contributed by atoms with Crippen molar-refractivity contribution >= 4 is 8.25 Å². The minimum absolute atomic E-state index is 0.348. The van der Waals surface area contributed by atoms with Crippen LogP contribution in [0.3, 0.4) is 0 Å². The number of hydrogen-bond acceptors (Lipinski definition) is 3. The molecular weight excluding hydrogens is 256 g/mol. The van der Waals surface area contributed by atoms with Gasteiger partial charge in [-0.25, -0.2) is 4.39 Å². The van der Waals surface area contributed by atoms with Crippen molar-refractivity contribution in [3.63, 3.8) is 0 Å². The van der Waals surface area contributed by atoms with Crippen LogP contribution in [-0.2, 0) is 14.6 Å². The summed E-state index contributed by atoms with van der Waals surface area (Å²) in [4.78, 5) is 8.88. The maximum atomic E-state index is 12.9. The fourth-order valence-electron chi connectivity index (χ4n) is 2.02. The van der Waals surface area contributed by atoms with Crippen LogP contribution in [0.2, 0.25) is 0 Å². The quantitative estimate of drug-likeness (QED) is 0.782. The molecule has 0 radical (unpaired) electrons. The molecule has 0 saturated heterocycles. The molecule has 1 aromatic rings. The highest BCUT2D eigenvalue weighted by Crippen LogP contribution is 2.34. The lowest BCUT2D eigenvalue weighted by Gasteiger charge is -2.33. The van der Waals surface area contributed by atoms with Crippen LogP contribution in [0.15, 0.2) is 24.3 Å². The molecule has 4 nitrogen and oxygen atoms in total. The highest BCUT2D eigenvalue weighted by molar-refractivity contribution is 7.32. The molecule has 3 N–H and O–H groups in total. The predicted octanol–water partition coefficient (Wildman–Crippen LogP) is 2.83. The fraction of sp³-hybridized carbons (Fsp3) is 0.500. The van der Waals surface area contributed by atoms with E-state index >= 15 is 0 Å². The van der Waals surface area contributed by atoms with Crippen LogP contribution in [0.4, 0.5) is 4.39 Å². The van der Waals surface area contributed by atoms with Gasteiger partial charge in [-0.2, -0.15) is 0 Å². The Morgan fingerprint density at radius 1 is 1.44 bits per heavy atom. The molecule has 0 aromatic heterocycles. The standard InChI is InChI=1S/C12H17FNO3P/c1-3-11(17-18(15)16)12(14,4-2)9-5-7-10(13)8-6-9/h5-8,11H,3-4,14H2,1-2H3/p+1. The molecule has 1 aromatic carbocycles. The Labute approximate surface area is 107 Å². The SMILES string of the molecule is CCC(O[P+](=O)O)C(N)(CC)c1ccc(F)cc1. The molecule has 0 amide bonds. The van der Waals surface area contributed by atoms with E-state index in [-0.39, 0.29) is 5.82 Å². The maximum Gasteiger partial charge on any atom is 0.695 e. The van der Waals surface area contributed by atoms with E-state index in [1.54, 1.807) is 12.1 Å². The lowest BCUT2D eigenvalue weighted by atomic mass is 9.82. The second kappa shape index (κ2) is 6.34. The average Bonchev–Trinajstić information content (AvgIpc) is 2.35. The zero-order valence-electron chi connectivity index (χ0n) is 10.5. The summed E-state index contributed by atoms with van der Waals surface area (Å²) >= 11 is 0. The van der Waals surface area contributed by atoms with Crippen molar-refractivity contribution < 1.29 is 18.4 Å². The summed E-state index contributed by atoms with van der Waals surface area (Å²) in [7, 11) is -2.72. The van der Waals surface area contributed by atoms with Gasteiger partial charge in [-0.15, -0.1) is 9.42 Å². The van der Waals surface area contributed by atoms with E-state index in [4.69, 9.17) is 15.2 Å². The molecule has 1 rings (SSSR count).